The second kappa shape index (κ2) is 63.4. The van der Waals surface area contributed by atoms with Crippen LogP contribution in [-0.4, -0.2) is 17.6 Å². The zero-order valence-electron chi connectivity index (χ0n) is 23.7. The van der Waals surface area contributed by atoms with Crippen LogP contribution in [0.1, 0.15) is 136 Å². The molecule has 0 heterocycles. The number of carbonyl (C=O) groups is 1. The Morgan fingerprint density at radius 3 is 0.941 bits per heavy atom. The number of carboxylic acids is 1. The molecule has 0 spiro atoms. The molecular weight excluding hydrogens is 418 g/mol. The van der Waals surface area contributed by atoms with E-state index in [1.165, 1.54) is 103 Å². The molecule has 0 aromatic carbocycles. The van der Waals surface area contributed by atoms with Gasteiger partial charge >= 0.3 is 5.97 Å². The Labute approximate surface area is 216 Å². The average molecular weight is 484 g/mol. The van der Waals surface area contributed by atoms with E-state index in [-0.39, 0.29) is 0 Å². The second-order valence-corrected chi connectivity index (χ2v) is 7.59. The van der Waals surface area contributed by atoms with Crippen molar-refractivity contribution in [3.63, 3.8) is 0 Å². The van der Waals surface area contributed by atoms with Gasteiger partial charge in [-0.05, 0) is 19.4 Å². The van der Waals surface area contributed by atoms with Gasteiger partial charge in [-0.25, -0.2) is 0 Å². The number of hydrogen-bond acceptors (Lipinski definition) is 2. The van der Waals surface area contributed by atoms with Crippen LogP contribution in [0.2, 0.25) is 0 Å². The molecule has 206 valence electrons. The van der Waals surface area contributed by atoms with Crippen molar-refractivity contribution in [3.8, 4) is 0 Å². The van der Waals surface area contributed by atoms with Crippen LogP contribution in [0.25, 0.3) is 0 Å². The van der Waals surface area contributed by atoms with Crippen LogP contribution < -0.4 is 5.73 Å². The summed E-state index contributed by atoms with van der Waals surface area (Å²) in [7, 11) is 0. The molecule has 3 N–H and O–H groups in total. The highest BCUT2D eigenvalue weighted by molar-refractivity contribution is 5.66. The quantitative estimate of drug-likeness (QED) is 0.142. The van der Waals surface area contributed by atoms with Crippen molar-refractivity contribution in [1.29, 1.82) is 0 Å². The van der Waals surface area contributed by atoms with Crippen molar-refractivity contribution < 1.29 is 9.90 Å². The van der Waals surface area contributed by atoms with Crippen molar-refractivity contribution in [2.24, 2.45) is 5.73 Å². The Morgan fingerprint density at radius 1 is 0.500 bits per heavy atom. The summed E-state index contributed by atoms with van der Waals surface area (Å²) in [5.74, 6) is -0.653. The third-order valence-corrected chi connectivity index (χ3v) is 4.80. The van der Waals surface area contributed by atoms with Gasteiger partial charge < -0.3 is 10.8 Å². The first kappa shape index (κ1) is 45.8. The van der Waals surface area contributed by atoms with Gasteiger partial charge in [-0.15, -0.1) is 52.6 Å². The minimum atomic E-state index is -0.653. The molecule has 0 aromatic heterocycles. The SMILES string of the molecule is C=C.C=C.C=C.C=C.CCCCCCCCCCCCCCCCCC(=O)O.CCCCCN. The smallest absolute Gasteiger partial charge is 0.303 e. The molecule has 0 rings (SSSR count). The first-order valence-corrected chi connectivity index (χ1v) is 13.6. The van der Waals surface area contributed by atoms with E-state index in [0.29, 0.717) is 6.42 Å². The van der Waals surface area contributed by atoms with Gasteiger partial charge in [-0.1, -0.05) is 117 Å². The summed E-state index contributed by atoms with van der Waals surface area (Å²) in [6.07, 6.45) is 24.0. The van der Waals surface area contributed by atoms with Gasteiger partial charge in [-0.2, -0.15) is 0 Å². The largest absolute Gasteiger partial charge is 0.481 e. The molecule has 0 aromatic rings. The lowest BCUT2D eigenvalue weighted by atomic mass is 10.0. The maximum absolute atomic E-state index is 10.3. The van der Waals surface area contributed by atoms with Crippen LogP contribution in [0.4, 0.5) is 0 Å². The third-order valence-electron chi connectivity index (χ3n) is 4.80. The van der Waals surface area contributed by atoms with Crippen molar-refractivity contribution in [1.82, 2.24) is 0 Å². The number of rotatable bonds is 19. The van der Waals surface area contributed by atoms with E-state index in [4.69, 9.17) is 10.8 Å². The van der Waals surface area contributed by atoms with Gasteiger partial charge in [0, 0.05) is 6.42 Å². The standard InChI is InChI=1S/C18H36O2.C5H13N.4C2H4/c1-2-3-4-5-6-7-8-9-10-11-12-13-14-15-16-17-18(19)20;1-2-3-4-5-6;4*1-2/h2-17H2,1H3,(H,19,20);2-6H2,1H3;4*1-2H2. The summed E-state index contributed by atoms with van der Waals surface area (Å²) >= 11 is 0. The van der Waals surface area contributed by atoms with Crippen LogP contribution in [0.3, 0.4) is 0 Å². The molecule has 0 saturated heterocycles. The summed E-state index contributed by atoms with van der Waals surface area (Å²) in [6.45, 7) is 29.3. The van der Waals surface area contributed by atoms with Crippen LogP contribution in [0.15, 0.2) is 52.6 Å². The number of unbranched alkanes of at least 4 members (excludes halogenated alkanes) is 16. The fourth-order valence-corrected chi connectivity index (χ4v) is 3.04. The minimum Gasteiger partial charge on any atom is -0.481 e. The topological polar surface area (TPSA) is 63.3 Å². The fourth-order valence-electron chi connectivity index (χ4n) is 3.04. The summed E-state index contributed by atoms with van der Waals surface area (Å²) < 4.78 is 0. The maximum Gasteiger partial charge on any atom is 0.303 e. The second-order valence-electron chi connectivity index (χ2n) is 7.59. The molecule has 0 aliphatic rings. The molecule has 0 fully saturated rings. The maximum atomic E-state index is 10.3. The molecular formula is C31H65NO2. The highest BCUT2D eigenvalue weighted by atomic mass is 16.4. The fraction of sp³-hybridized carbons (Fsp3) is 0.710. The highest BCUT2D eigenvalue weighted by Gasteiger charge is 1.97. The molecule has 3 heteroatoms. The van der Waals surface area contributed by atoms with Crippen LogP contribution >= 0.6 is 0 Å². The number of nitrogens with two attached hydrogens (primary N) is 1. The molecule has 34 heavy (non-hydrogen) atoms. The predicted octanol–water partition coefficient (Wildman–Crippen LogP) is 10.7. The lowest BCUT2D eigenvalue weighted by Crippen LogP contribution is -1.96. The van der Waals surface area contributed by atoms with Crippen LogP contribution in [-0.2, 0) is 4.79 Å². The molecule has 0 aliphatic carbocycles. The first-order valence-electron chi connectivity index (χ1n) is 13.6. The van der Waals surface area contributed by atoms with Gasteiger partial charge in [0.05, 0.1) is 0 Å². The summed E-state index contributed by atoms with van der Waals surface area (Å²) in [4.78, 5) is 10.3. The average Bonchev–Trinajstić information content (AvgIpc) is 2.90. The van der Waals surface area contributed by atoms with Crippen molar-refractivity contribution >= 4 is 5.97 Å². The third kappa shape index (κ3) is 77.6. The molecule has 3 nitrogen and oxygen atoms in total. The highest BCUT2D eigenvalue weighted by Crippen LogP contribution is 2.13. The van der Waals surface area contributed by atoms with E-state index in [1.54, 1.807) is 0 Å². The normalized spacial score (nSPS) is 8.44. The Bertz CT molecular complexity index is 296. The Morgan fingerprint density at radius 2 is 0.735 bits per heavy atom. The summed E-state index contributed by atoms with van der Waals surface area (Å²) in [5.41, 5.74) is 5.21. The van der Waals surface area contributed by atoms with E-state index in [0.717, 1.165) is 19.4 Å². The molecule has 0 bridgehead atoms. The molecule has 0 aliphatic heterocycles. The lowest BCUT2D eigenvalue weighted by Gasteiger charge is -2.03. The van der Waals surface area contributed by atoms with Crippen molar-refractivity contribution in [3.05, 3.63) is 52.6 Å². The Hall–Kier alpha value is -1.61. The first-order chi connectivity index (χ1) is 16.7. The molecule has 0 atom stereocenters. The van der Waals surface area contributed by atoms with Gasteiger partial charge in [0.15, 0.2) is 0 Å². The van der Waals surface area contributed by atoms with E-state index in [2.05, 4.69) is 66.5 Å². The Kier molecular flexibility index (Phi) is 85.4. The van der Waals surface area contributed by atoms with Gasteiger partial charge in [0.1, 0.15) is 0 Å². The van der Waals surface area contributed by atoms with E-state index in [9.17, 15) is 4.79 Å². The monoisotopic (exact) mass is 484 g/mol. The van der Waals surface area contributed by atoms with E-state index >= 15 is 0 Å². The Balaban J connectivity index is -0.000000116. The number of hydrogen-bond donors (Lipinski definition) is 2. The van der Waals surface area contributed by atoms with Gasteiger partial charge in [-0.3, -0.25) is 4.79 Å². The van der Waals surface area contributed by atoms with E-state index in [1.807, 2.05) is 0 Å². The zero-order chi connectivity index (χ0) is 27.7. The number of aliphatic carboxylic acids is 1. The van der Waals surface area contributed by atoms with Crippen molar-refractivity contribution in [2.75, 3.05) is 6.54 Å². The summed E-state index contributed by atoms with van der Waals surface area (Å²) in [6, 6.07) is 0. The van der Waals surface area contributed by atoms with Gasteiger partial charge in [0.2, 0.25) is 0 Å². The van der Waals surface area contributed by atoms with Crippen molar-refractivity contribution in [2.45, 2.75) is 136 Å². The van der Waals surface area contributed by atoms with Crippen LogP contribution in [0, 0.1) is 0 Å². The molecule has 0 unspecified atom stereocenters. The minimum absolute atomic E-state index is 0.345. The van der Waals surface area contributed by atoms with E-state index < -0.39 is 5.97 Å². The zero-order valence-corrected chi connectivity index (χ0v) is 23.7. The number of carboxylic acid groups (broad SMARTS) is 1. The van der Waals surface area contributed by atoms with Gasteiger partial charge in [0.25, 0.3) is 0 Å². The summed E-state index contributed by atoms with van der Waals surface area (Å²) in [5, 5.41) is 8.52. The lowest BCUT2D eigenvalue weighted by molar-refractivity contribution is -0.137. The molecule has 0 saturated carbocycles. The molecule has 0 amide bonds. The van der Waals surface area contributed by atoms with Crippen LogP contribution in [0.5, 0.6) is 0 Å². The predicted molar refractivity (Wildman–Crippen MR) is 161 cm³/mol. The molecule has 0 radical (unpaired) electrons.